The summed E-state index contributed by atoms with van der Waals surface area (Å²) >= 11 is 0. The summed E-state index contributed by atoms with van der Waals surface area (Å²) in [5.74, 6) is 0.415. The molecule has 1 unspecified atom stereocenters. The lowest BCUT2D eigenvalue weighted by Gasteiger charge is -2.27. The highest BCUT2D eigenvalue weighted by molar-refractivity contribution is 5.79. The molecule has 0 bridgehead atoms. The first-order valence-corrected chi connectivity index (χ1v) is 6.59. The molecular formula is C14H23N3O4. The molecule has 0 aliphatic carbocycles. The topological polar surface area (TPSA) is 82.4 Å². The van der Waals surface area contributed by atoms with Crippen molar-refractivity contribution in [3.63, 3.8) is 0 Å². The molecule has 7 nitrogen and oxygen atoms in total. The van der Waals surface area contributed by atoms with Gasteiger partial charge in [-0.15, -0.1) is 0 Å². The number of alkyl carbamates (subject to hydrolysis) is 1. The van der Waals surface area contributed by atoms with Crippen molar-refractivity contribution in [2.45, 2.75) is 45.8 Å². The van der Waals surface area contributed by atoms with E-state index in [-0.39, 0.29) is 0 Å². The number of aromatic nitrogens is 2. The van der Waals surface area contributed by atoms with Crippen LogP contribution >= 0.6 is 0 Å². The van der Waals surface area contributed by atoms with Crippen LogP contribution in [0.5, 0.6) is 5.88 Å². The Bertz CT molecular complexity index is 545. The predicted octanol–water partition coefficient (Wildman–Crippen LogP) is 1.68. The van der Waals surface area contributed by atoms with Gasteiger partial charge in [0.25, 0.3) is 0 Å². The smallest absolute Gasteiger partial charge is 0.408 e. The van der Waals surface area contributed by atoms with Crippen molar-refractivity contribution in [2.75, 3.05) is 7.11 Å². The van der Waals surface area contributed by atoms with Crippen LogP contribution in [0.25, 0.3) is 0 Å². The van der Waals surface area contributed by atoms with Gasteiger partial charge in [0.15, 0.2) is 0 Å². The fraction of sp³-hybridized carbons (Fsp3) is 0.643. The monoisotopic (exact) mass is 297 g/mol. The maximum atomic E-state index is 12.0. The molecule has 0 spiro atoms. The molecule has 0 radical (unpaired) electrons. The number of amides is 1. The summed E-state index contributed by atoms with van der Waals surface area (Å²) in [4.78, 5) is 23.6. The van der Waals surface area contributed by atoms with Gasteiger partial charge in [0, 0.05) is 7.05 Å². The highest BCUT2D eigenvalue weighted by Gasteiger charge is 2.37. The first kappa shape index (κ1) is 17.0. The lowest BCUT2D eigenvalue weighted by molar-refractivity contribution is -0.113. The number of aryl methyl sites for hydroxylation is 2. The van der Waals surface area contributed by atoms with Gasteiger partial charge in [-0.3, -0.25) is 0 Å². The van der Waals surface area contributed by atoms with E-state index in [9.17, 15) is 9.59 Å². The van der Waals surface area contributed by atoms with Gasteiger partial charge in [0.2, 0.25) is 5.88 Å². The Labute approximate surface area is 124 Å². The Hall–Kier alpha value is -2.05. The van der Waals surface area contributed by atoms with Crippen LogP contribution in [0.1, 0.15) is 39.0 Å². The number of rotatable bonds is 4. The molecule has 118 valence electrons. The molecule has 1 N–H and O–H groups in total. The van der Waals surface area contributed by atoms with E-state index < -0.39 is 17.2 Å². The minimum atomic E-state index is -1.29. The van der Waals surface area contributed by atoms with E-state index >= 15 is 0 Å². The molecular weight excluding hydrogens is 274 g/mol. The van der Waals surface area contributed by atoms with E-state index in [0.29, 0.717) is 23.4 Å². The second-order valence-corrected chi connectivity index (χ2v) is 6.04. The highest BCUT2D eigenvalue weighted by atomic mass is 16.6. The normalized spacial score (nSPS) is 14.2. The van der Waals surface area contributed by atoms with Crippen LogP contribution in [0, 0.1) is 6.92 Å². The summed E-state index contributed by atoms with van der Waals surface area (Å²) in [6.07, 6.45) is -0.0360. The van der Waals surface area contributed by atoms with Gasteiger partial charge in [-0.25, -0.2) is 9.48 Å². The Balaban J connectivity index is 3.16. The van der Waals surface area contributed by atoms with E-state index in [1.54, 1.807) is 41.7 Å². The lowest BCUT2D eigenvalue weighted by Crippen LogP contribution is -2.47. The third kappa shape index (κ3) is 3.74. The average molecular weight is 297 g/mol. The number of methoxy groups -OCH3 is 1. The van der Waals surface area contributed by atoms with Gasteiger partial charge in [0.1, 0.15) is 17.4 Å². The molecule has 1 rings (SSSR count). The second kappa shape index (κ2) is 5.75. The van der Waals surface area contributed by atoms with Crippen molar-refractivity contribution in [1.82, 2.24) is 15.1 Å². The van der Waals surface area contributed by atoms with E-state index in [2.05, 4.69) is 10.4 Å². The molecule has 1 aromatic heterocycles. The van der Waals surface area contributed by atoms with Crippen LogP contribution in [-0.4, -0.2) is 34.9 Å². The largest absolute Gasteiger partial charge is 0.481 e. The zero-order chi connectivity index (χ0) is 16.4. The molecule has 0 saturated heterocycles. The summed E-state index contributed by atoms with van der Waals surface area (Å²) in [7, 11) is 3.19. The number of nitrogens with one attached hydrogen (secondary N) is 1. The summed E-state index contributed by atoms with van der Waals surface area (Å²) in [5.41, 5.74) is -0.832. The Morgan fingerprint density at radius 1 is 1.33 bits per heavy atom. The fourth-order valence-electron chi connectivity index (χ4n) is 2.14. The SMILES string of the molecule is COc1c(C(C)(C=O)NC(=O)OC(C)(C)C)c(C)nn1C. The van der Waals surface area contributed by atoms with Gasteiger partial charge >= 0.3 is 6.09 Å². The number of nitrogens with zero attached hydrogens (tertiary/aromatic N) is 2. The number of ether oxygens (including phenoxy) is 2. The number of hydrogen-bond donors (Lipinski definition) is 1. The zero-order valence-electron chi connectivity index (χ0n) is 13.6. The minimum absolute atomic E-state index is 0.415. The van der Waals surface area contributed by atoms with Crippen LogP contribution in [0.15, 0.2) is 0 Å². The van der Waals surface area contributed by atoms with Crippen LogP contribution in [0.4, 0.5) is 4.79 Å². The van der Waals surface area contributed by atoms with E-state index in [1.807, 2.05) is 0 Å². The fourth-order valence-corrected chi connectivity index (χ4v) is 2.14. The summed E-state index contributed by atoms with van der Waals surface area (Å²) in [6, 6.07) is 0. The third-order valence-electron chi connectivity index (χ3n) is 2.88. The van der Waals surface area contributed by atoms with Crippen LogP contribution in [-0.2, 0) is 22.1 Å². The number of hydrogen-bond acceptors (Lipinski definition) is 5. The Kier molecular flexibility index (Phi) is 4.65. The molecule has 7 heteroatoms. The summed E-state index contributed by atoms with van der Waals surface area (Å²) < 4.78 is 12.0. The molecule has 0 saturated carbocycles. The lowest BCUT2D eigenvalue weighted by atomic mass is 9.94. The predicted molar refractivity (Wildman–Crippen MR) is 77.3 cm³/mol. The molecule has 0 aromatic carbocycles. The molecule has 0 aliphatic heterocycles. The third-order valence-corrected chi connectivity index (χ3v) is 2.88. The van der Waals surface area contributed by atoms with Gasteiger partial charge < -0.3 is 19.6 Å². The van der Waals surface area contributed by atoms with Gasteiger partial charge in [-0.1, -0.05) is 0 Å². The average Bonchev–Trinajstić information content (AvgIpc) is 2.61. The molecule has 1 heterocycles. The van der Waals surface area contributed by atoms with Crippen molar-refractivity contribution in [2.24, 2.45) is 7.05 Å². The number of carbonyl (C=O) groups excluding carboxylic acids is 2. The first-order chi connectivity index (χ1) is 9.54. The number of aldehydes is 1. The van der Waals surface area contributed by atoms with E-state index in [1.165, 1.54) is 11.8 Å². The quantitative estimate of drug-likeness (QED) is 0.855. The Morgan fingerprint density at radius 2 is 1.90 bits per heavy atom. The second-order valence-electron chi connectivity index (χ2n) is 6.04. The molecule has 1 aromatic rings. The minimum Gasteiger partial charge on any atom is -0.481 e. The van der Waals surface area contributed by atoms with Crippen molar-refractivity contribution in [3.05, 3.63) is 11.3 Å². The zero-order valence-corrected chi connectivity index (χ0v) is 13.6. The Morgan fingerprint density at radius 3 is 2.33 bits per heavy atom. The van der Waals surface area contributed by atoms with Gasteiger partial charge in [0.05, 0.1) is 18.4 Å². The van der Waals surface area contributed by atoms with E-state index in [4.69, 9.17) is 9.47 Å². The van der Waals surface area contributed by atoms with Crippen LogP contribution in [0.2, 0.25) is 0 Å². The molecule has 0 fully saturated rings. The highest BCUT2D eigenvalue weighted by Crippen LogP contribution is 2.31. The summed E-state index contributed by atoms with van der Waals surface area (Å²) in [5, 5.41) is 6.80. The van der Waals surface area contributed by atoms with Crippen LogP contribution in [0.3, 0.4) is 0 Å². The van der Waals surface area contributed by atoms with Gasteiger partial charge in [-0.05, 0) is 34.6 Å². The van der Waals surface area contributed by atoms with Crippen molar-refractivity contribution < 1.29 is 19.1 Å². The van der Waals surface area contributed by atoms with Gasteiger partial charge in [-0.2, -0.15) is 5.10 Å². The maximum absolute atomic E-state index is 12.0. The maximum Gasteiger partial charge on any atom is 0.408 e. The number of carbonyl (C=O) groups is 2. The first-order valence-electron chi connectivity index (χ1n) is 6.59. The van der Waals surface area contributed by atoms with Crippen LogP contribution < -0.4 is 10.1 Å². The van der Waals surface area contributed by atoms with E-state index in [0.717, 1.165) is 0 Å². The molecule has 0 aliphatic rings. The molecule has 21 heavy (non-hydrogen) atoms. The van der Waals surface area contributed by atoms with Crippen molar-refractivity contribution in [1.29, 1.82) is 0 Å². The standard InChI is InChI=1S/C14H23N3O4/c1-9-10(11(20-7)17(6)16-9)14(5,8-18)15-12(19)21-13(2,3)4/h8H,1-7H3,(H,15,19). The molecule has 1 amide bonds. The van der Waals surface area contributed by atoms with Crippen molar-refractivity contribution >= 4 is 12.4 Å². The molecule has 1 atom stereocenters. The summed E-state index contributed by atoms with van der Waals surface area (Å²) in [6.45, 7) is 8.58. The van der Waals surface area contributed by atoms with Crippen molar-refractivity contribution in [3.8, 4) is 5.88 Å².